The number of aromatic hydroxyl groups is 1. The number of aliphatic hydroxyl groups excluding tert-OH is 1. The van der Waals surface area contributed by atoms with Crippen molar-refractivity contribution in [2.75, 3.05) is 24.6 Å². The van der Waals surface area contributed by atoms with Crippen LogP contribution in [0.2, 0.25) is 0 Å². The van der Waals surface area contributed by atoms with Gasteiger partial charge in [-0.05, 0) is 44.9 Å². The molecule has 0 aliphatic carbocycles. The summed E-state index contributed by atoms with van der Waals surface area (Å²) in [7, 11) is 3.06. The smallest absolute Gasteiger partial charge is 0.276 e. The van der Waals surface area contributed by atoms with Gasteiger partial charge in [0.1, 0.15) is 22.6 Å². The molecular weight excluding hydrogens is 621 g/mol. The maximum atomic E-state index is 13.5. The molecule has 1 unspecified atom stereocenters. The first-order chi connectivity index (χ1) is 20.6. The molecule has 1 fully saturated rings. The SMILES string of the molecule is C=C(C)CN1C(=C)[C@@H](NC(=O)/C(=N\OC(C)(C)C(=C)O)c2csc(N)n2)C1SSCCNC(=O)C(=C)c1ccc(C)c(O)c1. The molecule has 44 heavy (non-hydrogen) atoms. The molecule has 0 bridgehead atoms. The van der Waals surface area contributed by atoms with Crippen LogP contribution in [0, 0.1) is 6.92 Å². The van der Waals surface area contributed by atoms with E-state index in [9.17, 15) is 19.8 Å². The zero-order valence-electron chi connectivity index (χ0n) is 25.2. The van der Waals surface area contributed by atoms with Gasteiger partial charge in [0, 0.05) is 35.5 Å². The molecule has 14 heteroatoms. The topological polar surface area (TPSA) is 162 Å². The molecule has 1 saturated heterocycles. The number of thiazole rings is 1. The molecule has 1 aromatic carbocycles. The van der Waals surface area contributed by atoms with E-state index in [1.165, 1.54) is 27.7 Å². The van der Waals surface area contributed by atoms with Gasteiger partial charge in [-0.2, -0.15) is 0 Å². The van der Waals surface area contributed by atoms with Gasteiger partial charge >= 0.3 is 0 Å². The first-order valence-electron chi connectivity index (χ1n) is 13.4. The van der Waals surface area contributed by atoms with Gasteiger partial charge in [-0.1, -0.05) is 70.8 Å². The number of anilines is 1. The molecule has 0 saturated carbocycles. The number of rotatable bonds is 15. The van der Waals surface area contributed by atoms with Crippen LogP contribution in [0.4, 0.5) is 5.13 Å². The van der Waals surface area contributed by atoms with Crippen molar-refractivity contribution in [2.24, 2.45) is 5.16 Å². The number of aliphatic hydroxyl groups is 1. The van der Waals surface area contributed by atoms with Crippen LogP contribution in [0.3, 0.4) is 0 Å². The van der Waals surface area contributed by atoms with Crippen molar-refractivity contribution in [3.63, 3.8) is 0 Å². The van der Waals surface area contributed by atoms with Crippen LogP contribution >= 0.6 is 32.9 Å². The highest BCUT2D eigenvalue weighted by molar-refractivity contribution is 8.77. The maximum Gasteiger partial charge on any atom is 0.276 e. The van der Waals surface area contributed by atoms with Crippen LogP contribution in [-0.4, -0.2) is 73.5 Å². The van der Waals surface area contributed by atoms with Crippen molar-refractivity contribution in [3.05, 3.63) is 83.7 Å². The number of hydrogen-bond acceptors (Lipinski definition) is 12. The number of hydrogen-bond donors (Lipinski definition) is 5. The van der Waals surface area contributed by atoms with Gasteiger partial charge in [-0.25, -0.2) is 4.98 Å². The lowest BCUT2D eigenvalue weighted by atomic mass is 10.0. The number of nitrogens with two attached hydrogens (primary N) is 1. The second-order valence-corrected chi connectivity index (χ2v) is 14.1. The van der Waals surface area contributed by atoms with Crippen molar-refractivity contribution in [1.82, 2.24) is 20.5 Å². The van der Waals surface area contributed by atoms with Gasteiger partial charge in [0.25, 0.3) is 11.8 Å². The summed E-state index contributed by atoms with van der Waals surface area (Å²) in [5.74, 6) is -0.460. The Labute approximate surface area is 269 Å². The standard InChI is InChI=1S/C30H38N6O5S3/c1-16(2)14-36-19(5)24(34-27(40)25(22-15-42-29(31)33-22)35-41-30(7,8)20(6)37)28(36)44-43-12-11-32-26(39)18(4)21-10-9-17(3)23(38)13-21/h9-10,13,15,24,28,37-38H,1,4-6,11-12,14H2,2-3,7-8H3,(H2,31,33)(H,32,39)(H,34,40)/b35-25-/t24-,28?/m1/s1. The lowest BCUT2D eigenvalue weighted by Crippen LogP contribution is -2.63. The summed E-state index contributed by atoms with van der Waals surface area (Å²) in [4.78, 5) is 37.8. The molecule has 0 spiro atoms. The third-order valence-corrected chi connectivity index (χ3v) is 9.96. The van der Waals surface area contributed by atoms with Gasteiger partial charge in [-0.15, -0.1) is 11.3 Å². The molecule has 6 N–H and O–H groups in total. The summed E-state index contributed by atoms with van der Waals surface area (Å²) in [5.41, 5.74) is 7.83. The fourth-order valence-electron chi connectivity index (χ4n) is 3.73. The summed E-state index contributed by atoms with van der Waals surface area (Å²) >= 11 is 1.15. The Balaban J connectivity index is 1.64. The summed E-state index contributed by atoms with van der Waals surface area (Å²) in [5, 5.41) is 31.3. The Morgan fingerprint density at radius 3 is 2.57 bits per heavy atom. The van der Waals surface area contributed by atoms with E-state index in [0.29, 0.717) is 35.7 Å². The number of benzene rings is 1. The van der Waals surface area contributed by atoms with E-state index in [0.717, 1.165) is 16.9 Å². The number of carbonyl (C=O) groups is 2. The number of likely N-dealkylation sites (tertiary alicyclic amines) is 1. The zero-order valence-corrected chi connectivity index (χ0v) is 27.6. The molecule has 0 radical (unpaired) electrons. The van der Waals surface area contributed by atoms with Crippen molar-refractivity contribution in [2.45, 2.75) is 44.7 Å². The van der Waals surface area contributed by atoms with Crippen LogP contribution in [0.15, 0.2) is 72.1 Å². The summed E-state index contributed by atoms with van der Waals surface area (Å²) in [6.45, 7) is 23.3. The summed E-state index contributed by atoms with van der Waals surface area (Å²) in [6.07, 6.45) is 0. The largest absolute Gasteiger partial charge is 0.509 e. The van der Waals surface area contributed by atoms with Crippen molar-refractivity contribution in [3.8, 4) is 5.75 Å². The number of nitrogen functional groups attached to an aromatic ring is 1. The second kappa shape index (κ2) is 14.7. The Hall–Kier alpha value is -3.88. The average molecular weight is 659 g/mol. The van der Waals surface area contributed by atoms with Gasteiger partial charge in [0.2, 0.25) is 0 Å². The first-order valence-corrected chi connectivity index (χ1v) is 16.7. The number of aromatic nitrogens is 1. The number of amides is 2. The monoisotopic (exact) mass is 658 g/mol. The highest BCUT2D eigenvalue weighted by Crippen LogP contribution is 2.42. The van der Waals surface area contributed by atoms with Gasteiger partial charge in [-0.3, -0.25) is 9.59 Å². The predicted molar refractivity (Wildman–Crippen MR) is 181 cm³/mol. The average Bonchev–Trinajstić information content (AvgIpc) is 3.39. The van der Waals surface area contributed by atoms with E-state index in [1.54, 1.807) is 38.3 Å². The molecule has 2 amide bonds. The van der Waals surface area contributed by atoms with Gasteiger partial charge in [0.05, 0.1) is 6.04 Å². The number of phenols is 1. The lowest BCUT2D eigenvalue weighted by molar-refractivity contribution is -0.116. The Kier molecular flexibility index (Phi) is 11.6. The van der Waals surface area contributed by atoms with Crippen molar-refractivity contribution >= 4 is 61.2 Å². The van der Waals surface area contributed by atoms with E-state index < -0.39 is 17.6 Å². The second-order valence-electron chi connectivity index (χ2n) is 10.6. The minimum atomic E-state index is -1.25. The van der Waals surface area contributed by atoms with Gasteiger partial charge < -0.3 is 36.3 Å². The third kappa shape index (κ3) is 8.61. The normalized spacial score (nSPS) is 16.6. The Morgan fingerprint density at radius 2 is 1.98 bits per heavy atom. The molecule has 11 nitrogen and oxygen atoms in total. The van der Waals surface area contributed by atoms with Crippen LogP contribution < -0.4 is 16.4 Å². The number of phenolic OH excluding ortho intramolecular Hbond substituents is 1. The van der Waals surface area contributed by atoms with Crippen LogP contribution in [-0.2, 0) is 14.4 Å². The summed E-state index contributed by atoms with van der Waals surface area (Å²) < 4.78 is 0. The quantitative estimate of drug-likeness (QED) is 0.0344. The van der Waals surface area contributed by atoms with E-state index in [2.05, 4.69) is 47.1 Å². The Morgan fingerprint density at radius 1 is 1.27 bits per heavy atom. The lowest BCUT2D eigenvalue weighted by Gasteiger charge is -2.50. The number of carbonyl (C=O) groups excluding carboxylic acids is 2. The summed E-state index contributed by atoms with van der Waals surface area (Å²) in [6, 6.07) is 4.55. The first kappa shape index (κ1) is 34.6. The van der Waals surface area contributed by atoms with Gasteiger partial charge in [0.15, 0.2) is 16.4 Å². The van der Waals surface area contributed by atoms with Crippen molar-refractivity contribution < 1.29 is 24.6 Å². The van der Waals surface area contributed by atoms with Crippen LogP contribution in [0.25, 0.3) is 5.57 Å². The van der Waals surface area contributed by atoms with E-state index in [4.69, 9.17) is 10.6 Å². The van der Waals surface area contributed by atoms with E-state index in [1.807, 2.05) is 11.8 Å². The molecular formula is C30H38N6O5S3. The zero-order chi connectivity index (χ0) is 32.8. The molecule has 236 valence electrons. The maximum absolute atomic E-state index is 13.5. The Bertz CT molecular complexity index is 1500. The molecule has 2 aromatic rings. The highest BCUT2D eigenvalue weighted by atomic mass is 33.1. The molecule has 1 aliphatic heterocycles. The molecule has 1 aliphatic rings. The predicted octanol–water partition coefficient (Wildman–Crippen LogP) is 4.74. The van der Waals surface area contributed by atoms with Crippen LogP contribution in [0.1, 0.15) is 37.6 Å². The molecule has 3 rings (SSSR count). The molecule has 1 aromatic heterocycles. The molecule has 2 heterocycles. The number of nitrogens with zero attached hydrogens (tertiary/aromatic N) is 3. The van der Waals surface area contributed by atoms with E-state index >= 15 is 0 Å². The minimum Gasteiger partial charge on any atom is -0.509 e. The number of oxime groups is 1. The van der Waals surface area contributed by atoms with Crippen LogP contribution in [0.5, 0.6) is 5.75 Å². The minimum absolute atomic E-state index is 0.105. The highest BCUT2D eigenvalue weighted by Gasteiger charge is 2.44. The van der Waals surface area contributed by atoms with Crippen molar-refractivity contribution in [1.29, 1.82) is 0 Å². The fourth-order valence-corrected chi connectivity index (χ4v) is 6.95. The van der Waals surface area contributed by atoms with E-state index in [-0.39, 0.29) is 44.9 Å². The molecule has 2 atom stereocenters. The number of nitrogens with one attached hydrogen (secondary N) is 2. The fraction of sp³-hybridized carbons (Fsp3) is 0.333. The number of aryl methyl sites for hydroxylation is 1. The third-order valence-electron chi connectivity index (χ3n) is 6.56.